The van der Waals surface area contributed by atoms with Gasteiger partial charge in [-0.25, -0.2) is 0 Å². The second kappa shape index (κ2) is 11.0. The molecule has 1 atom stereocenters. The van der Waals surface area contributed by atoms with Crippen molar-refractivity contribution >= 4 is 24.2 Å². The Morgan fingerprint density at radius 1 is 1.20 bits per heavy atom. The normalized spacial score (nSPS) is 22.8. The van der Waals surface area contributed by atoms with Crippen LogP contribution in [0.5, 0.6) is 0 Å². The van der Waals surface area contributed by atoms with Gasteiger partial charge in [0.25, 0.3) is 0 Å². The second-order valence-electron chi connectivity index (χ2n) is 7.77. The van der Waals surface area contributed by atoms with E-state index in [1.165, 1.54) is 19.3 Å². The van der Waals surface area contributed by atoms with Gasteiger partial charge >= 0.3 is 0 Å². The summed E-state index contributed by atoms with van der Waals surface area (Å²) in [5.74, 6) is 0.278. The van der Waals surface area contributed by atoms with E-state index in [9.17, 15) is 9.59 Å². The largest absolute Gasteiger partial charge is 0.356 e. The first kappa shape index (κ1) is 22.2. The fourth-order valence-corrected chi connectivity index (χ4v) is 4.14. The van der Waals surface area contributed by atoms with Gasteiger partial charge in [0.2, 0.25) is 11.8 Å². The monoisotopic (exact) mass is 373 g/mol. The highest BCUT2D eigenvalue weighted by Gasteiger charge is 2.36. The van der Waals surface area contributed by atoms with Crippen LogP contribution in [0, 0.1) is 11.3 Å². The van der Waals surface area contributed by atoms with Crippen LogP contribution >= 0.6 is 12.4 Å². The topological polar surface area (TPSA) is 75.4 Å². The third-order valence-electron chi connectivity index (χ3n) is 5.85. The van der Waals surface area contributed by atoms with E-state index in [1.54, 1.807) is 0 Å². The molecule has 1 aliphatic heterocycles. The van der Waals surface area contributed by atoms with Crippen molar-refractivity contribution < 1.29 is 9.59 Å². The summed E-state index contributed by atoms with van der Waals surface area (Å²) in [4.78, 5) is 27.0. The number of hydrogen-bond donors (Lipinski definition) is 2. The first-order valence-electron chi connectivity index (χ1n) is 9.86. The zero-order valence-electron chi connectivity index (χ0n) is 15.7. The molecule has 5 nitrogen and oxygen atoms in total. The van der Waals surface area contributed by atoms with Crippen molar-refractivity contribution in [2.45, 2.75) is 71.1 Å². The molecule has 2 rings (SSSR count). The van der Waals surface area contributed by atoms with Gasteiger partial charge in [0.05, 0.1) is 5.92 Å². The maximum Gasteiger partial charge on any atom is 0.224 e. The highest BCUT2D eigenvalue weighted by Crippen LogP contribution is 2.39. The quantitative estimate of drug-likeness (QED) is 0.674. The molecule has 1 saturated carbocycles. The van der Waals surface area contributed by atoms with E-state index in [0.29, 0.717) is 19.5 Å². The summed E-state index contributed by atoms with van der Waals surface area (Å²) in [5.41, 5.74) is 6.03. The fraction of sp³-hybridized carbons (Fsp3) is 0.895. The van der Waals surface area contributed by atoms with Crippen LogP contribution in [0.2, 0.25) is 0 Å². The van der Waals surface area contributed by atoms with Crippen molar-refractivity contribution in [1.82, 2.24) is 10.2 Å². The van der Waals surface area contributed by atoms with E-state index in [0.717, 1.165) is 51.6 Å². The number of nitrogens with one attached hydrogen (secondary N) is 1. The summed E-state index contributed by atoms with van der Waals surface area (Å²) in [6.45, 7) is 4.84. The van der Waals surface area contributed by atoms with Crippen molar-refractivity contribution in [3.63, 3.8) is 0 Å². The van der Waals surface area contributed by atoms with E-state index in [4.69, 9.17) is 5.73 Å². The predicted molar refractivity (Wildman–Crippen MR) is 104 cm³/mol. The zero-order valence-corrected chi connectivity index (χ0v) is 16.5. The number of likely N-dealkylation sites (tertiary alicyclic amines) is 1. The lowest BCUT2D eigenvalue weighted by atomic mass is 9.71. The SMILES string of the molecule is CCCCNC(=O)C1CCCN(C(=O)CC2(CN)CCCCC2)C1.Cl. The average molecular weight is 374 g/mol. The molecule has 6 heteroatoms. The molecule has 3 N–H and O–H groups in total. The van der Waals surface area contributed by atoms with Crippen molar-refractivity contribution in [2.24, 2.45) is 17.1 Å². The number of rotatable bonds is 7. The highest BCUT2D eigenvalue weighted by atomic mass is 35.5. The molecule has 2 fully saturated rings. The van der Waals surface area contributed by atoms with Gasteiger partial charge in [0, 0.05) is 26.1 Å². The van der Waals surface area contributed by atoms with Crippen LogP contribution in [0.25, 0.3) is 0 Å². The average Bonchev–Trinajstić information content (AvgIpc) is 2.62. The third kappa shape index (κ3) is 6.45. The molecule has 0 aromatic heterocycles. The number of nitrogens with two attached hydrogens (primary N) is 1. The van der Waals surface area contributed by atoms with Gasteiger partial charge in [0.15, 0.2) is 0 Å². The number of amides is 2. The predicted octanol–water partition coefficient (Wildman–Crippen LogP) is 2.86. The highest BCUT2D eigenvalue weighted by molar-refractivity contribution is 5.85. The Hall–Kier alpha value is -0.810. The molecule has 25 heavy (non-hydrogen) atoms. The van der Waals surface area contributed by atoms with Crippen molar-refractivity contribution in [3.8, 4) is 0 Å². The summed E-state index contributed by atoms with van der Waals surface area (Å²) in [7, 11) is 0. The van der Waals surface area contributed by atoms with Crippen LogP contribution in [-0.2, 0) is 9.59 Å². The van der Waals surface area contributed by atoms with Gasteiger partial charge in [-0.05, 0) is 44.1 Å². The molecule has 0 aromatic rings. The second-order valence-corrected chi connectivity index (χ2v) is 7.77. The van der Waals surface area contributed by atoms with E-state index < -0.39 is 0 Å². The van der Waals surface area contributed by atoms with Gasteiger partial charge in [-0.2, -0.15) is 0 Å². The van der Waals surface area contributed by atoms with Crippen LogP contribution in [-0.4, -0.2) is 42.9 Å². The summed E-state index contributed by atoms with van der Waals surface area (Å²) in [6.07, 6.45) is 10.3. The van der Waals surface area contributed by atoms with Gasteiger partial charge < -0.3 is 16.0 Å². The first-order valence-corrected chi connectivity index (χ1v) is 9.86. The molecule has 146 valence electrons. The summed E-state index contributed by atoms with van der Waals surface area (Å²) in [5, 5.41) is 3.02. The molecular weight excluding hydrogens is 338 g/mol. The Morgan fingerprint density at radius 3 is 2.56 bits per heavy atom. The fourth-order valence-electron chi connectivity index (χ4n) is 4.14. The Balaban J connectivity index is 0.00000312. The third-order valence-corrected chi connectivity index (χ3v) is 5.85. The minimum Gasteiger partial charge on any atom is -0.356 e. The Labute approximate surface area is 158 Å². The Morgan fingerprint density at radius 2 is 1.92 bits per heavy atom. The molecule has 1 aliphatic carbocycles. The van der Waals surface area contributed by atoms with Crippen molar-refractivity contribution in [1.29, 1.82) is 0 Å². The Bertz CT molecular complexity index is 425. The van der Waals surface area contributed by atoms with E-state index >= 15 is 0 Å². The Kier molecular flexibility index (Phi) is 9.80. The van der Waals surface area contributed by atoms with Crippen LogP contribution in [0.1, 0.15) is 71.1 Å². The molecule has 1 heterocycles. The summed E-state index contributed by atoms with van der Waals surface area (Å²) < 4.78 is 0. The number of hydrogen-bond acceptors (Lipinski definition) is 3. The minimum atomic E-state index is -0.0419. The summed E-state index contributed by atoms with van der Waals surface area (Å²) in [6, 6.07) is 0. The van der Waals surface area contributed by atoms with Crippen molar-refractivity contribution in [3.05, 3.63) is 0 Å². The number of unbranched alkanes of at least 4 members (excludes halogenated alkanes) is 1. The van der Waals surface area contributed by atoms with Gasteiger partial charge in [0.1, 0.15) is 0 Å². The van der Waals surface area contributed by atoms with Crippen LogP contribution in [0.4, 0.5) is 0 Å². The maximum absolute atomic E-state index is 12.8. The smallest absolute Gasteiger partial charge is 0.224 e. The van der Waals surface area contributed by atoms with Gasteiger partial charge in [-0.3, -0.25) is 9.59 Å². The van der Waals surface area contributed by atoms with Gasteiger partial charge in [-0.1, -0.05) is 32.6 Å². The van der Waals surface area contributed by atoms with E-state index in [1.807, 2.05) is 4.90 Å². The van der Waals surface area contributed by atoms with E-state index in [-0.39, 0.29) is 35.6 Å². The molecule has 1 unspecified atom stereocenters. The molecular formula is C19H36ClN3O2. The van der Waals surface area contributed by atoms with Crippen LogP contribution in [0.3, 0.4) is 0 Å². The number of carbonyl (C=O) groups excluding carboxylic acids is 2. The standard InChI is InChI=1S/C19H35N3O2.ClH/c1-2-3-11-21-18(24)16-8-7-12-22(14-16)17(23)13-19(15-20)9-5-4-6-10-19;/h16H,2-15,20H2,1H3,(H,21,24);1H. The molecule has 0 spiro atoms. The molecule has 2 aliphatic rings. The number of carbonyl (C=O) groups is 2. The van der Waals surface area contributed by atoms with Gasteiger partial charge in [-0.15, -0.1) is 12.4 Å². The summed E-state index contributed by atoms with van der Waals surface area (Å²) >= 11 is 0. The lowest BCUT2D eigenvalue weighted by Gasteiger charge is -2.39. The molecule has 1 saturated heterocycles. The van der Waals surface area contributed by atoms with Crippen molar-refractivity contribution in [2.75, 3.05) is 26.2 Å². The number of nitrogens with zero attached hydrogens (tertiary/aromatic N) is 1. The number of piperidine rings is 1. The molecule has 2 amide bonds. The lowest BCUT2D eigenvalue weighted by Crippen LogP contribution is -2.47. The number of halogens is 1. The maximum atomic E-state index is 12.8. The van der Waals surface area contributed by atoms with E-state index in [2.05, 4.69) is 12.2 Å². The zero-order chi connectivity index (χ0) is 17.4. The first-order chi connectivity index (χ1) is 11.6. The van der Waals surface area contributed by atoms with Crippen LogP contribution in [0.15, 0.2) is 0 Å². The van der Waals surface area contributed by atoms with Crippen LogP contribution < -0.4 is 11.1 Å². The lowest BCUT2D eigenvalue weighted by molar-refractivity contribution is -0.138. The molecule has 0 bridgehead atoms. The molecule has 0 aromatic carbocycles. The molecule has 0 radical (unpaired) electrons. The minimum absolute atomic E-state index is 0.